The molecule has 1 atom stereocenters. The summed E-state index contributed by atoms with van der Waals surface area (Å²) in [6.45, 7) is 5.78. The lowest BCUT2D eigenvalue weighted by Crippen LogP contribution is -2.25. The molecule has 142 valence electrons. The topological polar surface area (TPSA) is 93.8 Å². The second-order valence-electron chi connectivity index (χ2n) is 6.21. The van der Waals surface area contributed by atoms with E-state index < -0.39 is 10.8 Å². The van der Waals surface area contributed by atoms with E-state index in [9.17, 15) is 14.9 Å². The number of non-ortho nitro benzene ring substituents is 1. The third-order valence-corrected chi connectivity index (χ3v) is 4.25. The summed E-state index contributed by atoms with van der Waals surface area (Å²) >= 11 is 0. The molecule has 0 radical (unpaired) electrons. The van der Waals surface area contributed by atoms with Crippen LogP contribution in [0.5, 0.6) is 5.75 Å². The Labute approximate surface area is 158 Å². The molecule has 2 aromatic rings. The van der Waals surface area contributed by atoms with Gasteiger partial charge in [-0.2, -0.15) is 5.10 Å². The standard InChI is InChI=1S/C20H23N3O4/c1-4-14(2)16-8-10-19(11-9-16)27-13-20(24)22-21-15(3)17-6-5-7-18(12-17)23(25)26/h5-12,14H,4,13H2,1-3H3,(H,22,24)/b21-15+. The van der Waals surface area contributed by atoms with E-state index in [0.717, 1.165) is 6.42 Å². The predicted molar refractivity (Wildman–Crippen MR) is 104 cm³/mol. The van der Waals surface area contributed by atoms with Crippen LogP contribution in [0.2, 0.25) is 0 Å². The minimum absolute atomic E-state index is 0.0300. The number of nitro groups is 1. The fourth-order valence-electron chi connectivity index (χ4n) is 2.36. The van der Waals surface area contributed by atoms with Crippen LogP contribution in [0.4, 0.5) is 5.69 Å². The Morgan fingerprint density at radius 3 is 2.59 bits per heavy atom. The van der Waals surface area contributed by atoms with Crippen LogP contribution in [0.15, 0.2) is 53.6 Å². The van der Waals surface area contributed by atoms with Crippen molar-refractivity contribution in [3.63, 3.8) is 0 Å². The van der Waals surface area contributed by atoms with E-state index in [4.69, 9.17) is 4.74 Å². The summed E-state index contributed by atoms with van der Waals surface area (Å²) in [4.78, 5) is 22.2. The SMILES string of the molecule is CCC(C)c1ccc(OCC(=O)N/N=C(\C)c2cccc([N+](=O)[O-])c2)cc1. The van der Waals surface area contributed by atoms with Gasteiger partial charge in [0.25, 0.3) is 11.6 Å². The number of rotatable bonds is 8. The largest absolute Gasteiger partial charge is 0.484 e. The predicted octanol–water partition coefficient (Wildman–Crippen LogP) is 4.03. The fourth-order valence-corrected chi connectivity index (χ4v) is 2.36. The summed E-state index contributed by atoms with van der Waals surface area (Å²) in [7, 11) is 0. The summed E-state index contributed by atoms with van der Waals surface area (Å²) in [6, 6.07) is 13.7. The average molecular weight is 369 g/mol. The molecule has 0 aliphatic carbocycles. The summed E-state index contributed by atoms with van der Waals surface area (Å²) in [5.74, 6) is 0.677. The molecular formula is C20H23N3O4. The van der Waals surface area contributed by atoms with Crippen LogP contribution in [0.3, 0.4) is 0 Å². The van der Waals surface area contributed by atoms with Crippen LogP contribution in [0.1, 0.15) is 44.2 Å². The third-order valence-electron chi connectivity index (χ3n) is 4.25. The maximum Gasteiger partial charge on any atom is 0.277 e. The molecule has 0 saturated carbocycles. The molecular weight excluding hydrogens is 346 g/mol. The smallest absolute Gasteiger partial charge is 0.277 e. The Kier molecular flexibility index (Phi) is 7.05. The van der Waals surface area contributed by atoms with Gasteiger partial charge in [-0.1, -0.05) is 38.1 Å². The van der Waals surface area contributed by atoms with Crippen molar-refractivity contribution in [1.29, 1.82) is 0 Å². The lowest BCUT2D eigenvalue weighted by atomic mass is 9.99. The van der Waals surface area contributed by atoms with Crippen molar-refractivity contribution >= 4 is 17.3 Å². The lowest BCUT2D eigenvalue weighted by molar-refractivity contribution is -0.384. The summed E-state index contributed by atoms with van der Waals surface area (Å²) < 4.78 is 5.45. The number of nitrogens with zero attached hydrogens (tertiary/aromatic N) is 2. The molecule has 0 spiro atoms. The van der Waals surface area contributed by atoms with Gasteiger partial charge < -0.3 is 4.74 Å². The van der Waals surface area contributed by atoms with Gasteiger partial charge >= 0.3 is 0 Å². The Bertz CT molecular complexity index is 831. The maximum absolute atomic E-state index is 11.9. The van der Waals surface area contributed by atoms with Crippen LogP contribution in [-0.2, 0) is 4.79 Å². The Morgan fingerprint density at radius 1 is 1.26 bits per heavy atom. The number of ether oxygens (including phenoxy) is 1. The van der Waals surface area contributed by atoms with E-state index in [0.29, 0.717) is 22.9 Å². The van der Waals surface area contributed by atoms with Gasteiger partial charge in [-0.3, -0.25) is 14.9 Å². The summed E-state index contributed by atoms with van der Waals surface area (Å²) in [6.07, 6.45) is 1.06. The first-order valence-electron chi connectivity index (χ1n) is 8.71. The highest BCUT2D eigenvalue weighted by Gasteiger charge is 2.08. The van der Waals surface area contributed by atoms with Gasteiger partial charge in [0.1, 0.15) is 5.75 Å². The molecule has 2 aromatic carbocycles. The molecule has 7 nitrogen and oxygen atoms in total. The molecule has 0 fully saturated rings. The van der Waals surface area contributed by atoms with E-state index >= 15 is 0 Å². The number of nitrogens with one attached hydrogen (secondary N) is 1. The molecule has 7 heteroatoms. The van der Waals surface area contributed by atoms with Gasteiger partial charge in [0.05, 0.1) is 10.6 Å². The van der Waals surface area contributed by atoms with Crippen LogP contribution in [0.25, 0.3) is 0 Å². The van der Waals surface area contributed by atoms with Gasteiger partial charge in [-0.05, 0) is 37.0 Å². The van der Waals surface area contributed by atoms with Crippen molar-refractivity contribution in [1.82, 2.24) is 5.43 Å². The van der Waals surface area contributed by atoms with Gasteiger partial charge in [-0.15, -0.1) is 0 Å². The zero-order valence-corrected chi connectivity index (χ0v) is 15.6. The number of nitro benzene ring substituents is 1. The fraction of sp³-hybridized carbons (Fsp3) is 0.300. The van der Waals surface area contributed by atoms with Crippen LogP contribution < -0.4 is 10.2 Å². The van der Waals surface area contributed by atoms with Crippen LogP contribution >= 0.6 is 0 Å². The second kappa shape index (κ2) is 9.47. The van der Waals surface area contributed by atoms with E-state index in [1.54, 1.807) is 19.1 Å². The molecule has 2 rings (SSSR count). The lowest BCUT2D eigenvalue weighted by Gasteiger charge is -2.10. The quantitative estimate of drug-likeness (QED) is 0.432. The van der Waals surface area contributed by atoms with Crippen LogP contribution in [0, 0.1) is 10.1 Å². The van der Waals surface area contributed by atoms with E-state index in [-0.39, 0.29) is 12.3 Å². The van der Waals surface area contributed by atoms with Crippen LogP contribution in [-0.4, -0.2) is 23.1 Å². The van der Waals surface area contributed by atoms with Gasteiger partial charge in [0, 0.05) is 17.7 Å². The average Bonchev–Trinajstić information content (AvgIpc) is 2.70. The molecule has 1 amide bonds. The number of benzene rings is 2. The molecule has 0 aliphatic heterocycles. The maximum atomic E-state index is 11.9. The van der Waals surface area contributed by atoms with Crippen molar-refractivity contribution in [2.24, 2.45) is 5.10 Å². The molecule has 0 bridgehead atoms. The number of carbonyl (C=O) groups excluding carboxylic acids is 1. The van der Waals surface area contributed by atoms with Crippen molar-refractivity contribution in [3.05, 3.63) is 69.8 Å². The van der Waals surface area contributed by atoms with Crippen molar-refractivity contribution in [3.8, 4) is 5.75 Å². The molecule has 0 saturated heterocycles. The zero-order chi connectivity index (χ0) is 19.8. The molecule has 1 N–H and O–H groups in total. The number of hydrogen-bond acceptors (Lipinski definition) is 5. The first-order valence-corrected chi connectivity index (χ1v) is 8.71. The minimum atomic E-state index is -0.476. The Morgan fingerprint density at radius 2 is 1.96 bits per heavy atom. The highest BCUT2D eigenvalue weighted by molar-refractivity contribution is 5.99. The van der Waals surface area contributed by atoms with Gasteiger partial charge in [-0.25, -0.2) is 5.43 Å². The first-order chi connectivity index (χ1) is 12.9. The molecule has 27 heavy (non-hydrogen) atoms. The molecule has 0 aliphatic rings. The Balaban J connectivity index is 1.89. The van der Waals surface area contributed by atoms with E-state index in [1.165, 1.54) is 17.7 Å². The minimum Gasteiger partial charge on any atom is -0.484 e. The third kappa shape index (κ3) is 5.91. The second-order valence-corrected chi connectivity index (χ2v) is 6.21. The number of amides is 1. The number of hydrogen-bond donors (Lipinski definition) is 1. The van der Waals surface area contributed by atoms with Crippen molar-refractivity contribution < 1.29 is 14.5 Å². The molecule has 1 unspecified atom stereocenters. The molecule has 0 heterocycles. The monoisotopic (exact) mass is 369 g/mol. The Hall–Kier alpha value is -3.22. The number of hydrazone groups is 1. The summed E-state index contributed by atoms with van der Waals surface area (Å²) in [5.41, 5.74) is 4.62. The van der Waals surface area contributed by atoms with Gasteiger partial charge in [0.2, 0.25) is 0 Å². The first kappa shape index (κ1) is 20.1. The van der Waals surface area contributed by atoms with Crippen molar-refractivity contribution in [2.45, 2.75) is 33.1 Å². The highest BCUT2D eigenvalue weighted by atomic mass is 16.6. The van der Waals surface area contributed by atoms with E-state index in [1.807, 2.05) is 24.3 Å². The summed E-state index contributed by atoms with van der Waals surface area (Å²) in [5, 5.41) is 14.8. The number of carbonyl (C=O) groups is 1. The van der Waals surface area contributed by atoms with Gasteiger partial charge in [0.15, 0.2) is 6.61 Å². The normalized spacial score (nSPS) is 12.3. The highest BCUT2D eigenvalue weighted by Crippen LogP contribution is 2.21. The molecule has 0 aromatic heterocycles. The van der Waals surface area contributed by atoms with E-state index in [2.05, 4.69) is 24.4 Å². The zero-order valence-electron chi connectivity index (χ0n) is 15.6. The van der Waals surface area contributed by atoms with Crippen molar-refractivity contribution in [2.75, 3.05) is 6.61 Å².